The topological polar surface area (TPSA) is 21.7 Å². The summed E-state index contributed by atoms with van der Waals surface area (Å²) in [6.45, 7) is 9.37. The first-order valence-corrected chi connectivity index (χ1v) is 9.62. The Kier molecular flexibility index (Phi) is 4.25. The highest BCUT2D eigenvalue weighted by molar-refractivity contribution is 5.02. The van der Waals surface area contributed by atoms with Crippen LogP contribution in [0, 0.1) is 23.2 Å². The first kappa shape index (κ1) is 15.4. The maximum atomic E-state index is 6.26. The van der Waals surface area contributed by atoms with E-state index in [4.69, 9.17) is 9.47 Å². The molecule has 0 amide bonds. The molecule has 4 fully saturated rings. The van der Waals surface area contributed by atoms with Crippen LogP contribution < -0.4 is 0 Å². The summed E-state index contributed by atoms with van der Waals surface area (Å²) in [5.41, 5.74) is 0.501. The van der Waals surface area contributed by atoms with E-state index in [1.807, 2.05) is 0 Å². The molecule has 0 aromatic carbocycles. The minimum Gasteiger partial charge on any atom is -0.350 e. The standard InChI is InChI=1S/C19H33NO2/c1-19(2)15-7-6-14(10-15)17(19)11-18-21-13-16(22-18)12-20-8-4-3-5-9-20/h14-18H,3-13H2,1-2H3/t14-,15+,16+,17+,18-/m1/s1. The summed E-state index contributed by atoms with van der Waals surface area (Å²) < 4.78 is 12.3. The number of rotatable bonds is 4. The molecular weight excluding hydrogens is 274 g/mol. The fourth-order valence-corrected chi connectivity index (χ4v) is 5.83. The maximum Gasteiger partial charge on any atom is 0.158 e. The lowest BCUT2D eigenvalue weighted by molar-refractivity contribution is -0.0909. The smallest absolute Gasteiger partial charge is 0.158 e. The van der Waals surface area contributed by atoms with Crippen molar-refractivity contribution >= 4 is 0 Å². The normalized spacial score (nSPS) is 44.7. The molecule has 0 unspecified atom stereocenters. The van der Waals surface area contributed by atoms with Gasteiger partial charge in [0.15, 0.2) is 6.29 Å². The van der Waals surface area contributed by atoms with Crippen LogP contribution in [0.15, 0.2) is 0 Å². The van der Waals surface area contributed by atoms with Crippen LogP contribution in [0.4, 0.5) is 0 Å². The molecule has 2 bridgehead atoms. The molecule has 0 aromatic heterocycles. The highest BCUT2D eigenvalue weighted by atomic mass is 16.7. The van der Waals surface area contributed by atoms with Crippen molar-refractivity contribution in [3.05, 3.63) is 0 Å². The molecule has 2 saturated heterocycles. The van der Waals surface area contributed by atoms with Gasteiger partial charge >= 0.3 is 0 Å². The van der Waals surface area contributed by atoms with Gasteiger partial charge in [0.2, 0.25) is 0 Å². The Labute approximate surface area is 135 Å². The lowest BCUT2D eigenvalue weighted by Gasteiger charge is -2.39. The van der Waals surface area contributed by atoms with Gasteiger partial charge in [0.1, 0.15) is 0 Å². The lowest BCUT2D eigenvalue weighted by atomic mass is 9.67. The SMILES string of the molecule is CC1(C)[C@H]2CC[C@H](C2)[C@@H]1C[C@@H]1OC[C@H](CN2CCCCC2)O1. The quantitative estimate of drug-likeness (QED) is 0.791. The van der Waals surface area contributed by atoms with Gasteiger partial charge in [-0.25, -0.2) is 0 Å². The van der Waals surface area contributed by atoms with Gasteiger partial charge in [-0.05, 0) is 68.4 Å². The summed E-state index contributed by atoms with van der Waals surface area (Å²) in [5.74, 6) is 2.70. The van der Waals surface area contributed by atoms with E-state index in [0.717, 1.165) is 37.3 Å². The summed E-state index contributed by atoms with van der Waals surface area (Å²) in [7, 11) is 0. The largest absolute Gasteiger partial charge is 0.350 e. The third-order valence-electron chi connectivity index (χ3n) is 7.22. The second-order valence-corrected chi connectivity index (χ2v) is 8.82. The van der Waals surface area contributed by atoms with E-state index in [9.17, 15) is 0 Å². The van der Waals surface area contributed by atoms with Crippen LogP contribution in [0.3, 0.4) is 0 Å². The summed E-state index contributed by atoms with van der Waals surface area (Å²) >= 11 is 0. The molecule has 2 aliphatic carbocycles. The minimum absolute atomic E-state index is 0.0680. The molecule has 4 rings (SSSR count). The van der Waals surface area contributed by atoms with Gasteiger partial charge in [0.25, 0.3) is 0 Å². The number of likely N-dealkylation sites (tertiary alicyclic amines) is 1. The van der Waals surface area contributed by atoms with Gasteiger partial charge in [-0.3, -0.25) is 0 Å². The minimum atomic E-state index is 0.0680. The van der Waals surface area contributed by atoms with E-state index in [1.165, 1.54) is 51.6 Å². The van der Waals surface area contributed by atoms with Crippen molar-refractivity contribution < 1.29 is 9.47 Å². The summed E-state index contributed by atoms with van der Waals surface area (Å²) in [6, 6.07) is 0. The molecule has 0 radical (unpaired) electrons. The van der Waals surface area contributed by atoms with Gasteiger partial charge in [0.05, 0.1) is 12.7 Å². The molecule has 0 N–H and O–H groups in total. The molecule has 0 aromatic rings. The van der Waals surface area contributed by atoms with Crippen LogP contribution in [0.2, 0.25) is 0 Å². The van der Waals surface area contributed by atoms with Gasteiger partial charge in [-0.2, -0.15) is 0 Å². The molecule has 4 aliphatic rings. The molecule has 0 spiro atoms. The Morgan fingerprint density at radius 2 is 1.91 bits per heavy atom. The number of nitrogens with zero attached hydrogens (tertiary/aromatic N) is 1. The number of fused-ring (bicyclic) bond motifs is 2. The van der Waals surface area contributed by atoms with Crippen LogP contribution >= 0.6 is 0 Å². The van der Waals surface area contributed by atoms with Gasteiger partial charge in [0, 0.05) is 13.0 Å². The number of piperidine rings is 1. The van der Waals surface area contributed by atoms with Crippen LogP contribution in [-0.2, 0) is 9.47 Å². The molecular formula is C19H33NO2. The first-order chi connectivity index (χ1) is 10.6. The Bertz CT molecular complexity index is 391. The zero-order valence-electron chi connectivity index (χ0n) is 14.4. The van der Waals surface area contributed by atoms with Crippen molar-refractivity contribution in [3.8, 4) is 0 Å². The van der Waals surface area contributed by atoms with Crippen molar-refractivity contribution in [1.82, 2.24) is 4.90 Å². The Hall–Kier alpha value is -0.120. The van der Waals surface area contributed by atoms with Crippen molar-refractivity contribution in [1.29, 1.82) is 0 Å². The van der Waals surface area contributed by atoms with Crippen molar-refractivity contribution in [2.24, 2.45) is 23.2 Å². The summed E-state index contributed by atoms with van der Waals surface area (Å²) in [5, 5.41) is 0. The Balaban J connectivity index is 1.28. The van der Waals surface area contributed by atoms with Crippen LogP contribution in [0.5, 0.6) is 0 Å². The average molecular weight is 307 g/mol. The van der Waals surface area contributed by atoms with Crippen LogP contribution in [0.1, 0.15) is 58.8 Å². The molecule has 2 heterocycles. The molecule has 22 heavy (non-hydrogen) atoms. The highest BCUT2D eigenvalue weighted by Gasteiger charge is 2.53. The van der Waals surface area contributed by atoms with Crippen molar-refractivity contribution in [2.45, 2.75) is 71.2 Å². The Morgan fingerprint density at radius 3 is 2.64 bits per heavy atom. The predicted molar refractivity (Wildman–Crippen MR) is 87.6 cm³/mol. The maximum absolute atomic E-state index is 6.26. The van der Waals surface area contributed by atoms with E-state index in [1.54, 1.807) is 0 Å². The van der Waals surface area contributed by atoms with Gasteiger partial charge < -0.3 is 14.4 Å². The van der Waals surface area contributed by atoms with E-state index in [0.29, 0.717) is 11.5 Å². The third kappa shape index (κ3) is 2.85. The summed E-state index contributed by atoms with van der Waals surface area (Å²) in [6.07, 6.45) is 9.99. The fourth-order valence-electron chi connectivity index (χ4n) is 5.83. The van der Waals surface area contributed by atoms with E-state index in [-0.39, 0.29) is 6.29 Å². The van der Waals surface area contributed by atoms with Gasteiger partial charge in [-0.15, -0.1) is 0 Å². The van der Waals surface area contributed by atoms with Crippen LogP contribution in [0.25, 0.3) is 0 Å². The van der Waals surface area contributed by atoms with E-state index in [2.05, 4.69) is 18.7 Å². The van der Waals surface area contributed by atoms with E-state index < -0.39 is 0 Å². The number of hydrogen-bond donors (Lipinski definition) is 0. The number of hydrogen-bond acceptors (Lipinski definition) is 3. The predicted octanol–water partition coefficient (Wildman–Crippen LogP) is 3.68. The average Bonchev–Trinajstić information content (AvgIpc) is 3.19. The zero-order chi connectivity index (χ0) is 15.2. The van der Waals surface area contributed by atoms with Crippen molar-refractivity contribution in [3.63, 3.8) is 0 Å². The molecule has 3 heteroatoms. The molecule has 2 aliphatic heterocycles. The first-order valence-electron chi connectivity index (χ1n) is 9.62. The third-order valence-corrected chi connectivity index (χ3v) is 7.22. The summed E-state index contributed by atoms with van der Waals surface area (Å²) in [4.78, 5) is 2.57. The van der Waals surface area contributed by atoms with E-state index >= 15 is 0 Å². The molecule has 2 saturated carbocycles. The van der Waals surface area contributed by atoms with Crippen molar-refractivity contribution in [2.75, 3.05) is 26.2 Å². The van der Waals surface area contributed by atoms with Crippen LogP contribution in [-0.4, -0.2) is 43.5 Å². The number of ether oxygens (including phenoxy) is 2. The second-order valence-electron chi connectivity index (χ2n) is 8.82. The Morgan fingerprint density at radius 1 is 1.09 bits per heavy atom. The lowest BCUT2D eigenvalue weighted by Crippen LogP contribution is -2.38. The zero-order valence-corrected chi connectivity index (χ0v) is 14.4. The molecule has 5 atom stereocenters. The molecule has 3 nitrogen and oxygen atoms in total. The highest BCUT2D eigenvalue weighted by Crippen LogP contribution is 2.60. The molecule has 126 valence electrons. The monoisotopic (exact) mass is 307 g/mol. The van der Waals surface area contributed by atoms with Gasteiger partial charge in [-0.1, -0.05) is 20.3 Å². The fraction of sp³-hybridized carbons (Fsp3) is 1.00. The second kappa shape index (κ2) is 6.07.